The monoisotopic (exact) mass is 1800 g/mol. The van der Waals surface area contributed by atoms with E-state index in [1.165, 1.54) is 71.7 Å². The number of aryl methyl sites for hydroxylation is 1. The van der Waals surface area contributed by atoms with Gasteiger partial charge in [0.1, 0.15) is 0 Å². The van der Waals surface area contributed by atoms with Gasteiger partial charge in [-0.05, 0) is 202 Å². The highest BCUT2D eigenvalue weighted by Gasteiger charge is 2.27. The van der Waals surface area contributed by atoms with Crippen molar-refractivity contribution >= 4 is 87.2 Å². The third-order valence-corrected chi connectivity index (χ3v) is 26.5. The fraction of sp³-hybridized carbons (Fsp3) is 0.00775. The van der Waals surface area contributed by atoms with E-state index in [-0.39, 0.29) is 0 Å². The van der Waals surface area contributed by atoms with Crippen LogP contribution in [0.25, 0.3) is 234 Å². The number of hydrogen-bond donors (Lipinski definition) is 0. The van der Waals surface area contributed by atoms with Crippen molar-refractivity contribution in [1.82, 2.24) is 48.2 Å². The van der Waals surface area contributed by atoms with Crippen molar-refractivity contribution in [3.05, 3.63) is 508 Å². The largest absolute Gasteiger partial charge is 0.309 e. The van der Waals surface area contributed by atoms with Gasteiger partial charge < -0.3 is 18.3 Å². The molecule has 12 nitrogen and oxygen atoms in total. The van der Waals surface area contributed by atoms with Crippen LogP contribution in [0.3, 0.4) is 0 Å². The highest BCUT2D eigenvalue weighted by Crippen LogP contribution is 2.45. The first-order valence-corrected chi connectivity index (χ1v) is 47.1. The molecule has 0 unspecified atom stereocenters. The Morgan fingerprint density at radius 3 is 0.716 bits per heavy atom. The molecule has 12 heteroatoms. The van der Waals surface area contributed by atoms with Gasteiger partial charge in [0.05, 0.1) is 78.8 Å². The molecule has 0 N–H and O–H groups in total. The van der Waals surface area contributed by atoms with E-state index >= 15 is 0 Å². The summed E-state index contributed by atoms with van der Waals surface area (Å²) in [5, 5.41) is 30.7. The van der Waals surface area contributed by atoms with Gasteiger partial charge in [-0.25, -0.2) is 29.9 Å². The predicted octanol–water partition coefficient (Wildman–Crippen LogP) is 32.2. The van der Waals surface area contributed by atoms with Gasteiger partial charge in [0.25, 0.3) is 0 Å². The van der Waals surface area contributed by atoms with Crippen LogP contribution >= 0.6 is 0 Å². The topological polar surface area (TPSA) is 145 Å². The lowest BCUT2D eigenvalue weighted by Crippen LogP contribution is -2.06. The second-order valence-corrected chi connectivity index (χ2v) is 35.2. The summed E-state index contributed by atoms with van der Waals surface area (Å²) < 4.78 is 9.29. The Balaban J connectivity index is 0.000000139. The van der Waals surface area contributed by atoms with E-state index in [9.17, 15) is 10.5 Å². The lowest BCUT2D eigenvalue weighted by atomic mass is 10.0. The molecule has 26 rings (SSSR count). The third-order valence-electron chi connectivity index (χ3n) is 26.5. The molecule has 0 atom stereocenters. The van der Waals surface area contributed by atoms with E-state index < -0.39 is 0 Å². The van der Waals surface area contributed by atoms with Crippen LogP contribution in [0.5, 0.6) is 0 Å². The highest BCUT2D eigenvalue weighted by molar-refractivity contribution is 6.15. The summed E-state index contributed by atoms with van der Waals surface area (Å²) in [6, 6.07) is 175. The van der Waals surface area contributed by atoms with Crippen LogP contribution in [0.4, 0.5) is 0 Å². The van der Waals surface area contributed by atoms with Crippen molar-refractivity contribution in [2.24, 2.45) is 0 Å². The van der Waals surface area contributed by atoms with Crippen molar-refractivity contribution in [3.63, 3.8) is 0 Å². The van der Waals surface area contributed by atoms with Crippen molar-refractivity contribution in [2.45, 2.75) is 6.92 Å². The van der Waals surface area contributed by atoms with Crippen LogP contribution < -0.4 is 0 Å². The van der Waals surface area contributed by atoms with Crippen LogP contribution in [0.15, 0.2) is 491 Å². The predicted molar refractivity (Wildman–Crippen MR) is 577 cm³/mol. The first-order chi connectivity index (χ1) is 69.7. The molecule has 141 heavy (non-hydrogen) atoms. The summed E-state index contributed by atoms with van der Waals surface area (Å²) in [5.74, 6) is 3.26. The zero-order chi connectivity index (χ0) is 94.2. The van der Waals surface area contributed by atoms with E-state index in [1.807, 2.05) is 164 Å². The number of para-hydroxylation sites is 4. The van der Waals surface area contributed by atoms with Gasteiger partial charge in [-0.15, -0.1) is 0 Å². The normalized spacial score (nSPS) is 11.3. The van der Waals surface area contributed by atoms with Crippen LogP contribution in [0.2, 0.25) is 0 Å². The van der Waals surface area contributed by atoms with E-state index in [1.54, 1.807) is 0 Å². The minimum absolute atomic E-state index is 0.373. The third kappa shape index (κ3) is 16.1. The van der Waals surface area contributed by atoms with Gasteiger partial charge in [-0.1, -0.05) is 357 Å². The molecule has 660 valence electrons. The van der Waals surface area contributed by atoms with Crippen LogP contribution in [-0.2, 0) is 0 Å². The van der Waals surface area contributed by atoms with E-state index in [0.29, 0.717) is 57.2 Å². The van der Waals surface area contributed by atoms with E-state index in [2.05, 4.69) is 365 Å². The summed E-state index contributed by atoms with van der Waals surface area (Å²) in [5.41, 5.74) is 31.2. The van der Waals surface area contributed by atoms with Gasteiger partial charge in [-0.3, -0.25) is 0 Å². The molecule has 6 aromatic heterocycles. The maximum Gasteiger partial charge on any atom is 0.166 e. The summed E-state index contributed by atoms with van der Waals surface area (Å²) in [6.45, 7) is 2.07. The molecule has 0 spiro atoms. The van der Waals surface area contributed by atoms with Gasteiger partial charge in [0.15, 0.2) is 34.9 Å². The quantitative estimate of drug-likeness (QED) is 0.0986. The fourth-order valence-corrected chi connectivity index (χ4v) is 19.9. The molecule has 0 saturated carbocycles. The van der Waals surface area contributed by atoms with Crippen molar-refractivity contribution in [3.8, 4) is 159 Å². The van der Waals surface area contributed by atoms with E-state index in [4.69, 9.17) is 29.9 Å². The maximum absolute atomic E-state index is 10.6. The van der Waals surface area contributed by atoms with Crippen molar-refractivity contribution in [1.29, 1.82) is 10.5 Å². The molecule has 0 amide bonds. The minimum Gasteiger partial charge on any atom is -0.309 e. The molecule has 0 aliphatic heterocycles. The Kier molecular flexibility index (Phi) is 22.1. The van der Waals surface area contributed by atoms with E-state index in [0.717, 1.165) is 122 Å². The number of nitrogens with zero attached hydrogens (tertiary/aromatic N) is 12. The van der Waals surface area contributed by atoms with Crippen molar-refractivity contribution < 1.29 is 0 Å². The van der Waals surface area contributed by atoms with Crippen LogP contribution in [0.1, 0.15) is 16.7 Å². The molecule has 20 aromatic carbocycles. The first kappa shape index (κ1) is 84.6. The summed E-state index contributed by atoms with van der Waals surface area (Å²) in [7, 11) is 0. The molecule has 0 fully saturated rings. The zero-order valence-corrected chi connectivity index (χ0v) is 76.6. The average Bonchev–Trinajstić information content (AvgIpc) is 1.59. The first-order valence-electron chi connectivity index (χ1n) is 47.1. The Morgan fingerprint density at radius 2 is 0.411 bits per heavy atom. The Morgan fingerprint density at radius 1 is 0.170 bits per heavy atom. The Labute approximate surface area is 814 Å². The molecule has 0 saturated heterocycles. The Hall–Kier alpha value is -19.4. The summed E-state index contributed by atoms with van der Waals surface area (Å²) in [4.78, 5) is 30.2. The second-order valence-electron chi connectivity index (χ2n) is 35.2. The molecular weight excluding hydrogens is 1720 g/mol. The average molecular weight is 1800 g/mol. The molecule has 0 radical (unpaired) electrons. The number of nitriles is 2. The lowest BCUT2D eigenvalue weighted by Gasteiger charge is -2.17. The maximum atomic E-state index is 10.6. The number of aromatic nitrogens is 10. The lowest BCUT2D eigenvalue weighted by molar-refractivity contribution is 1.06. The highest BCUT2D eigenvalue weighted by atomic mass is 15.1. The fourth-order valence-electron chi connectivity index (χ4n) is 19.9. The number of benzene rings is 20. The zero-order valence-electron chi connectivity index (χ0n) is 76.6. The second kappa shape index (κ2) is 36.8. The smallest absolute Gasteiger partial charge is 0.166 e. The standard InChI is InChI=1S/C71H43N7.C36H24N2.C22H17N3/c72-44-46-26-32-67(77-63-34-28-53(48-16-6-1-7-17-48)40-57(63)58-41-54(29-35-64(58)77)49-18-8-2-9-19-49)61(38-46)70-74-69(52-24-14-5-15-25-52)75-71(76-70)62-39-47(45-73)27-33-68(62)78-65-36-30-55(50-20-10-3-11-21-50)42-59(65)60-43-56(31-37-66(60)78)51-22-12-4-13-23-51;1-5-19-33-29(15-1)30-16-2-6-20-34(30)37(33)27-13-9-11-25(23-27)26-12-10-14-28(24-26)38-35-21-7-3-17-31(35)32-18-4-8-22-36(32)38;1-16-9-8-14-19(15-16)22-24-20(17-10-4-2-5-11-17)23-21(25-22)18-12-6-3-7-13-18/h1-43H;1-24H;2-15H,1H3. The SMILES string of the molecule is Cc1cccc(-c2nc(-c3ccccc3)nc(-c3ccccc3)n2)c1.N#Cc1ccc(-n2c3ccc(-c4ccccc4)cc3c3cc(-c4ccccc4)ccc32)c(-c2nc(-c3ccccc3)nc(-c3cc(C#N)ccc3-n3c4ccc(-c5ccccc5)cc4c4cc(-c5ccccc5)ccc43)n2)c1.c1cc(-c2cccc(-n3c4ccccc4c4ccccc43)c2)cc(-n2c3ccccc3c3ccccc32)c1. The minimum atomic E-state index is 0.373. The van der Waals surface area contributed by atoms with Crippen LogP contribution in [0, 0.1) is 29.6 Å². The van der Waals surface area contributed by atoms with Crippen LogP contribution in [-0.4, -0.2) is 48.2 Å². The summed E-state index contributed by atoms with van der Waals surface area (Å²) >= 11 is 0. The van der Waals surface area contributed by atoms with Gasteiger partial charge in [0.2, 0.25) is 0 Å². The summed E-state index contributed by atoms with van der Waals surface area (Å²) in [6.07, 6.45) is 0. The number of fused-ring (bicyclic) bond motifs is 12. The molecule has 0 aliphatic carbocycles. The van der Waals surface area contributed by atoms with Gasteiger partial charge in [0, 0.05) is 87.8 Å². The van der Waals surface area contributed by atoms with Crippen molar-refractivity contribution in [2.75, 3.05) is 0 Å². The van der Waals surface area contributed by atoms with Gasteiger partial charge >= 0.3 is 0 Å². The number of rotatable bonds is 15. The molecule has 26 aromatic rings. The molecule has 6 heterocycles. The molecular formula is C129H84N12. The number of hydrogen-bond acceptors (Lipinski definition) is 8. The molecule has 0 bridgehead atoms. The van der Waals surface area contributed by atoms with Gasteiger partial charge in [-0.2, -0.15) is 10.5 Å². The Bertz CT molecular complexity index is 8590. The molecule has 0 aliphatic rings.